The minimum atomic E-state index is -4.50. The van der Waals surface area contributed by atoms with Gasteiger partial charge in [0.1, 0.15) is 5.69 Å². The number of ketones is 2. The summed E-state index contributed by atoms with van der Waals surface area (Å²) in [4.78, 5) is 75.6. The summed E-state index contributed by atoms with van der Waals surface area (Å²) in [6, 6.07) is 18.6. The van der Waals surface area contributed by atoms with Crippen LogP contribution in [-0.2, 0) is 70.3 Å². The molecule has 15 nitrogen and oxygen atoms in total. The molecule has 21 heteroatoms. The maximum Gasteiger partial charge on any atom is 2.00 e. The molecule has 6 aromatic rings. The fourth-order valence-electron chi connectivity index (χ4n) is 6.03. The van der Waals surface area contributed by atoms with Gasteiger partial charge in [0.05, 0.1) is 29.0 Å². The molecule has 0 atom stereocenters. The first kappa shape index (κ1) is 57.8. The summed E-state index contributed by atoms with van der Waals surface area (Å²) >= 11 is 5.47. The van der Waals surface area contributed by atoms with Crippen molar-refractivity contribution in [1.29, 1.82) is 0 Å². The number of ether oxygens (including phenoxy) is 3. The number of hydrogen-bond donors (Lipinski definition) is 0. The second-order valence-corrected chi connectivity index (χ2v) is 15.7. The number of allylic oxidation sites excluding steroid dienone is 2. The van der Waals surface area contributed by atoms with E-state index in [0.717, 1.165) is 22.9 Å². The quantitative estimate of drug-likeness (QED) is 0.00958. The predicted octanol–water partition coefficient (Wildman–Crippen LogP) is 10.7. The Hall–Kier alpha value is -7.57. The van der Waals surface area contributed by atoms with E-state index < -0.39 is 23.4 Å². The SMILES string of the molecule is CC(=O)/C(=C\c1ccnc(-c2cc(/C=C/OC=O)cc(-c3cc(/C=C(/OC=O)C(C)=O)ccn3)n2)c1)OC=O.CCCCCCc1ccc(/C=C/c2ccnc(-c3cc(C(F)(F)F)n[n-]3)c2)s1.[N-]=C=S.[Ru+2]. The summed E-state index contributed by atoms with van der Waals surface area (Å²) < 4.78 is 52.2. The summed E-state index contributed by atoms with van der Waals surface area (Å²) in [5.74, 6) is -1.16. The van der Waals surface area contributed by atoms with Gasteiger partial charge in [-0.2, -0.15) is 18.3 Å². The minimum absolute atomic E-state index is 0. The van der Waals surface area contributed by atoms with E-state index in [1.807, 2.05) is 12.2 Å². The van der Waals surface area contributed by atoms with Gasteiger partial charge in [0.15, 0.2) is 23.1 Å². The van der Waals surface area contributed by atoms with Crippen LogP contribution >= 0.6 is 23.6 Å². The second kappa shape index (κ2) is 30.1. The standard InChI is InChI=1S/C28H21N3O8.C21H21F3N3S.CNS.Ru/c1-18(35)27(38-16-33)13-20-3-6-29-23(9-20)25-11-22(5-8-37-15-32)12-26(31-25)24-10-21(4-7-30-24)14-28(19(2)36)39-17-34;1-2-3-4-5-6-16-9-10-17(28-16)8-7-15-11-12-25-18(13-15)19-14-20(27-26-19)21(22,23)24;2-1-3;/h3-17H,1-2H3;7-14H,2-6H2,1H3;;/q;2*-1;+2/b8-5+,27-13+,28-14+;8-7+;;. The third-order valence-electron chi connectivity index (χ3n) is 9.25. The van der Waals surface area contributed by atoms with Gasteiger partial charge in [0.25, 0.3) is 19.4 Å². The fraction of sp³-hybridized carbons (Fsp3) is 0.180. The normalized spacial score (nSPS) is 11.2. The molecule has 366 valence electrons. The van der Waals surface area contributed by atoms with Crippen LogP contribution < -0.4 is 5.10 Å². The number of thiocarbonyl (C=S) groups is 1. The number of halogens is 3. The van der Waals surface area contributed by atoms with Gasteiger partial charge in [0, 0.05) is 47.9 Å². The number of Topliss-reactive ketones (excluding diaryl/α,β-unsaturated/α-hetero) is 2. The van der Waals surface area contributed by atoms with E-state index in [1.165, 1.54) is 86.5 Å². The summed E-state index contributed by atoms with van der Waals surface area (Å²) in [6.45, 7) is 5.35. The van der Waals surface area contributed by atoms with Gasteiger partial charge in [-0.1, -0.05) is 50.2 Å². The molecule has 6 heterocycles. The molecule has 0 radical (unpaired) electrons. The smallest absolute Gasteiger partial charge is 0.753 e. The number of unbranched alkanes of at least 4 members (excludes halogenated alkanes) is 3. The molecular formula is C50H42F3N7O8RuS2. The van der Waals surface area contributed by atoms with Crippen molar-refractivity contribution < 1.29 is 70.8 Å². The maximum absolute atomic E-state index is 12.7. The Kier molecular flexibility index (Phi) is 24.5. The first-order valence-electron chi connectivity index (χ1n) is 20.9. The van der Waals surface area contributed by atoms with Gasteiger partial charge in [-0.15, -0.1) is 11.3 Å². The number of carbonyl (C=O) groups is 5. The van der Waals surface area contributed by atoms with Gasteiger partial charge in [-0.25, -0.2) is 4.98 Å². The topological polar surface area (TPSA) is 214 Å². The number of thiophene rings is 1. The van der Waals surface area contributed by atoms with Crippen LogP contribution in [0.3, 0.4) is 0 Å². The molecule has 0 aliphatic heterocycles. The van der Waals surface area contributed by atoms with Crippen LogP contribution in [0.5, 0.6) is 0 Å². The van der Waals surface area contributed by atoms with E-state index in [-0.39, 0.29) is 56.1 Å². The number of aryl methyl sites for hydroxylation is 1. The number of aromatic nitrogens is 6. The largest absolute Gasteiger partial charge is 2.00 e. The summed E-state index contributed by atoms with van der Waals surface area (Å²) in [5, 5.41) is 15.3. The van der Waals surface area contributed by atoms with Crippen LogP contribution in [0.2, 0.25) is 0 Å². The molecule has 0 amide bonds. The van der Waals surface area contributed by atoms with E-state index in [4.69, 9.17) is 14.9 Å². The predicted molar refractivity (Wildman–Crippen MR) is 261 cm³/mol. The fourth-order valence-corrected chi connectivity index (χ4v) is 6.99. The molecule has 0 saturated carbocycles. The van der Waals surface area contributed by atoms with E-state index >= 15 is 0 Å². The van der Waals surface area contributed by atoms with Gasteiger partial charge in [-0.05, 0) is 126 Å². The van der Waals surface area contributed by atoms with Crippen molar-refractivity contribution in [2.45, 2.75) is 59.1 Å². The molecule has 0 aliphatic rings. The van der Waals surface area contributed by atoms with Crippen LogP contribution in [0.4, 0.5) is 13.2 Å². The molecule has 71 heavy (non-hydrogen) atoms. The van der Waals surface area contributed by atoms with Crippen LogP contribution in [-0.4, -0.2) is 61.2 Å². The molecule has 0 aromatic carbocycles. The van der Waals surface area contributed by atoms with Gasteiger partial charge < -0.3 is 29.8 Å². The molecule has 0 spiro atoms. The molecular weight excluding hydrogens is 1050 g/mol. The van der Waals surface area contributed by atoms with E-state index in [2.05, 4.69) is 66.1 Å². The summed E-state index contributed by atoms with van der Waals surface area (Å²) in [5.41, 5.74) is 3.62. The van der Waals surface area contributed by atoms with Gasteiger partial charge in [0.2, 0.25) is 0 Å². The third kappa shape index (κ3) is 19.4. The van der Waals surface area contributed by atoms with E-state index in [0.29, 0.717) is 45.2 Å². The van der Waals surface area contributed by atoms with Crippen molar-refractivity contribution in [3.05, 3.63) is 146 Å². The Morgan fingerprint density at radius 1 is 0.718 bits per heavy atom. The van der Waals surface area contributed by atoms with Crippen LogP contribution in [0.25, 0.3) is 70.0 Å². The first-order valence-corrected chi connectivity index (χ1v) is 22.1. The Morgan fingerprint density at radius 2 is 1.25 bits per heavy atom. The van der Waals surface area contributed by atoms with Crippen molar-refractivity contribution in [3.8, 4) is 34.2 Å². The monoisotopic (exact) mass is 1090 g/mol. The molecule has 0 N–H and O–H groups in total. The molecule has 0 bridgehead atoms. The van der Waals surface area contributed by atoms with Crippen molar-refractivity contribution >= 4 is 90.1 Å². The third-order valence-corrected chi connectivity index (χ3v) is 10.4. The number of pyridine rings is 4. The maximum atomic E-state index is 12.7. The average Bonchev–Trinajstić information content (AvgIpc) is 4.04. The number of rotatable bonds is 21. The Balaban J connectivity index is 0.000000367. The zero-order valence-electron chi connectivity index (χ0n) is 38.0. The van der Waals surface area contributed by atoms with Crippen molar-refractivity contribution in [3.63, 3.8) is 0 Å². The zero-order valence-corrected chi connectivity index (χ0v) is 41.4. The van der Waals surface area contributed by atoms with Crippen LogP contribution in [0, 0.1) is 0 Å². The first-order chi connectivity index (χ1) is 33.7. The number of isothiocyanates is 1. The van der Waals surface area contributed by atoms with Crippen molar-refractivity contribution in [2.75, 3.05) is 0 Å². The Bertz CT molecular complexity index is 2830. The molecule has 6 rings (SSSR count). The number of alkyl halides is 3. The number of carbonyl (C=O) groups excluding carboxylic acids is 5. The average molecular weight is 1090 g/mol. The summed E-state index contributed by atoms with van der Waals surface area (Å²) in [7, 11) is 0. The van der Waals surface area contributed by atoms with E-state index in [1.54, 1.807) is 66.1 Å². The van der Waals surface area contributed by atoms with Gasteiger partial charge >= 0.3 is 25.7 Å². The minimum Gasteiger partial charge on any atom is -0.753 e. The Morgan fingerprint density at radius 3 is 1.76 bits per heavy atom. The van der Waals surface area contributed by atoms with Crippen molar-refractivity contribution in [2.24, 2.45) is 0 Å². The van der Waals surface area contributed by atoms with Crippen molar-refractivity contribution in [1.82, 2.24) is 30.1 Å². The zero-order chi connectivity index (χ0) is 50.9. The van der Waals surface area contributed by atoms with E-state index in [9.17, 15) is 37.1 Å². The molecule has 0 fully saturated rings. The summed E-state index contributed by atoms with van der Waals surface area (Å²) in [6.07, 6.45) is 15.6. The molecule has 0 saturated heterocycles. The molecule has 6 aromatic heterocycles. The molecule has 0 unspecified atom stereocenters. The number of nitrogens with zero attached hydrogens (tertiary/aromatic N) is 7. The van der Waals surface area contributed by atoms with Crippen LogP contribution in [0.15, 0.2) is 103 Å². The van der Waals surface area contributed by atoms with Gasteiger partial charge in [-0.3, -0.25) is 38.9 Å². The Labute approximate surface area is 428 Å². The second-order valence-electron chi connectivity index (χ2n) is 14.3. The van der Waals surface area contributed by atoms with Crippen LogP contribution in [0.1, 0.15) is 84.2 Å². The number of hydrogen-bond acceptors (Lipinski definition) is 15. The molecule has 0 aliphatic carbocycles.